The summed E-state index contributed by atoms with van der Waals surface area (Å²) < 4.78 is 39.5. The second kappa shape index (κ2) is 15.2. The van der Waals surface area contributed by atoms with E-state index in [2.05, 4.69) is 10.1 Å². The van der Waals surface area contributed by atoms with Crippen molar-refractivity contribution in [2.75, 3.05) is 25.6 Å². The van der Waals surface area contributed by atoms with Gasteiger partial charge in [0.25, 0.3) is 0 Å². The molecule has 0 saturated heterocycles. The molecule has 2 heterocycles. The van der Waals surface area contributed by atoms with Crippen LogP contribution in [0.25, 0.3) is 21.9 Å². The van der Waals surface area contributed by atoms with Gasteiger partial charge in [0, 0.05) is 17.0 Å². The van der Waals surface area contributed by atoms with Crippen LogP contribution in [0.2, 0.25) is 5.02 Å². The molecule has 0 spiro atoms. The number of pyridine rings is 1. The third-order valence-corrected chi connectivity index (χ3v) is 8.96. The zero-order valence-electron chi connectivity index (χ0n) is 25.8. The van der Waals surface area contributed by atoms with Gasteiger partial charge in [-0.3, -0.25) is 9.32 Å². The van der Waals surface area contributed by atoms with Gasteiger partial charge in [-0.1, -0.05) is 57.0 Å². The number of benzene rings is 2. The number of hydrogen-bond donors (Lipinski definition) is 2. The molecule has 44 heavy (non-hydrogen) atoms. The molecule has 0 radical (unpaired) electrons. The molecular formula is C31H41ClN5O6P. The number of imidazole rings is 1. The zero-order chi connectivity index (χ0) is 31.9. The minimum atomic E-state index is -4.15. The van der Waals surface area contributed by atoms with Crippen molar-refractivity contribution in [3.63, 3.8) is 0 Å². The van der Waals surface area contributed by atoms with Crippen LogP contribution in [0.15, 0.2) is 48.5 Å². The largest absolute Gasteiger partial charge is 0.465 e. The zero-order valence-corrected chi connectivity index (χ0v) is 27.4. The van der Waals surface area contributed by atoms with Crippen molar-refractivity contribution in [1.82, 2.24) is 19.6 Å². The number of aromatic nitrogens is 3. The predicted octanol–water partition coefficient (Wildman–Crippen LogP) is 7.08. The summed E-state index contributed by atoms with van der Waals surface area (Å²) in [4.78, 5) is 22.1. The van der Waals surface area contributed by atoms with Gasteiger partial charge in [0.15, 0.2) is 5.82 Å². The smallest absolute Gasteiger partial charge is 0.459 e. The minimum Gasteiger partial charge on any atom is -0.465 e. The standard InChI is InChI=1S/C31H41ClN5O6P/c1-6-8-17-41-31(38)21(5)36-44(39,43-23-15-13-22(32)14-16-23)42-18-26(20(3)4)37-27(19-40-7-2)35-28-29(37)24-11-9-10-12-25(24)34-30(28)33/h9-16,20-21,26H,6-8,17-19H2,1-5H3,(H2,33,34)(H,36,39)/t21-,26-,44-/m0/s1. The normalized spacial score (nSPS) is 14.5. The maximum absolute atomic E-state index is 14.3. The first-order valence-electron chi connectivity index (χ1n) is 14.8. The van der Waals surface area contributed by atoms with E-state index in [1.54, 1.807) is 31.2 Å². The van der Waals surface area contributed by atoms with Crippen LogP contribution in [0, 0.1) is 5.92 Å². The Balaban J connectivity index is 1.73. The molecule has 4 aromatic rings. The monoisotopic (exact) mass is 645 g/mol. The SMILES string of the molecule is CCCCOC(=O)[C@H](C)N[P@](=O)(OC[C@@H](C(C)C)n1c(COCC)nc2c(N)nc3ccccc3c21)Oc1ccc(Cl)cc1. The van der Waals surface area contributed by atoms with E-state index < -0.39 is 25.8 Å². The van der Waals surface area contributed by atoms with Gasteiger partial charge in [-0.15, -0.1) is 0 Å². The van der Waals surface area contributed by atoms with Gasteiger partial charge in [-0.2, -0.15) is 5.09 Å². The van der Waals surface area contributed by atoms with E-state index in [0.717, 1.165) is 29.3 Å². The Morgan fingerprint density at radius 1 is 1.09 bits per heavy atom. The van der Waals surface area contributed by atoms with Crippen molar-refractivity contribution in [1.29, 1.82) is 0 Å². The Hall–Kier alpha value is -3.21. The molecule has 2 aromatic heterocycles. The number of halogens is 1. The molecule has 3 N–H and O–H groups in total. The van der Waals surface area contributed by atoms with E-state index in [9.17, 15) is 9.36 Å². The number of esters is 1. The fourth-order valence-electron chi connectivity index (χ4n) is 4.72. The highest BCUT2D eigenvalue weighted by molar-refractivity contribution is 7.52. The van der Waals surface area contributed by atoms with E-state index in [1.165, 1.54) is 0 Å². The molecule has 0 saturated carbocycles. The molecule has 4 rings (SSSR count). The average molecular weight is 646 g/mol. The lowest BCUT2D eigenvalue weighted by atomic mass is 10.0. The molecule has 2 aromatic carbocycles. The molecule has 0 aliphatic rings. The number of unbranched alkanes of at least 4 members (excludes halogenated alkanes) is 1. The molecule has 0 unspecified atom stereocenters. The molecule has 0 aliphatic carbocycles. The minimum absolute atomic E-state index is 0.0265. The van der Waals surface area contributed by atoms with E-state index >= 15 is 0 Å². The van der Waals surface area contributed by atoms with Crippen LogP contribution < -0.4 is 15.3 Å². The molecule has 13 heteroatoms. The quantitative estimate of drug-likeness (QED) is 0.0738. The Bertz CT molecular complexity index is 1610. The lowest BCUT2D eigenvalue weighted by Crippen LogP contribution is -2.36. The van der Waals surface area contributed by atoms with Crippen LogP contribution in [0.3, 0.4) is 0 Å². The van der Waals surface area contributed by atoms with Gasteiger partial charge < -0.3 is 24.3 Å². The van der Waals surface area contributed by atoms with Gasteiger partial charge in [0.1, 0.15) is 29.7 Å². The molecule has 0 fully saturated rings. The number of fused-ring (bicyclic) bond motifs is 3. The summed E-state index contributed by atoms with van der Waals surface area (Å²) in [5.41, 5.74) is 8.43. The lowest BCUT2D eigenvalue weighted by molar-refractivity contribution is -0.145. The number of ether oxygens (including phenoxy) is 2. The highest BCUT2D eigenvalue weighted by Gasteiger charge is 2.35. The van der Waals surface area contributed by atoms with Crippen molar-refractivity contribution >= 4 is 53.1 Å². The third-order valence-electron chi connectivity index (χ3n) is 7.07. The predicted molar refractivity (Wildman–Crippen MR) is 173 cm³/mol. The van der Waals surface area contributed by atoms with Gasteiger partial charge in [-0.05, 0) is 56.5 Å². The van der Waals surface area contributed by atoms with E-state index in [1.807, 2.05) is 56.5 Å². The summed E-state index contributed by atoms with van der Waals surface area (Å²) >= 11 is 6.05. The fraction of sp³-hybridized carbons (Fsp3) is 0.452. The number of nitrogens with one attached hydrogen (secondary N) is 1. The summed E-state index contributed by atoms with van der Waals surface area (Å²) in [5, 5.41) is 4.12. The van der Waals surface area contributed by atoms with Crippen LogP contribution in [-0.2, 0) is 30.0 Å². The molecular weight excluding hydrogens is 605 g/mol. The van der Waals surface area contributed by atoms with Crippen LogP contribution in [-0.4, -0.2) is 46.4 Å². The first-order chi connectivity index (χ1) is 21.1. The van der Waals surface area contributed by atoms with Crippen molar-refractivity contribution in [2.45, 2.75) is 66.2 Å². The maximum Gasteiger partial charge on any atom is 0.459 e. The van der Waals surface area contributed by atoms with Crippen molar-refractivity contribution < 1.29 is 27.9 Å². The van der Waals surface area contributed by atoms with Gasteiger partial charge in [0.2, 0.25) is 0 Å². The molecule has 0 aliphatic heterocycles. The number of hydrogen-bond acceptors (Lipinski definition) is 9. The number of nitrogens with zero attached hydrogens (tertiary/aromatic N) is 3. The van der Waals surface area contributed by atoms with Crippen LogP contribution in [0.1, 0.15) is 59.3 Å². The fourth-order valence-corrected chi connectivity index (χ4v) is 6.35. The van der Waals surface area contributed by atoms with Crippen LogP contribution in [0.4, 0.5) is 5.82 Å². The summed E-state index contributed by atoms with van der Waals surface area (Å²) in [6.07, 6.45) is 1.60. The van der Waals surface area contributed by atoms with Crippen molar-refractivity contribution in [2.24, 2.45) is 5.92 Å². The summed E-state index contributed by atoms with van der Waals surface area (Å²) in [7, 11) is -4.15. The number of para-hydroxylation sites is 1. The Morgan fingerprint density at radius 2 is 1.82 bits per heavy atom. The van der Waals surface area contributed by atoms with Gasteiger partial charge >= 0.3 is 13.7 Å². The molecule has 238 valence electrons. The highest BCUT2D eigenvalue weighted by Crippen LogP contribution is 2.47. The Kier molecular flexibility index (Phi) is 11.6. The second-order valence-corrected chi connectivity index (χ2v) is 12.9. The number of carbonyl (C=O) groups excluding carboxylic acids is 1. The molecule has 3 atom stereocenters. The third kappa shape index (κ3) is 8.08. The van der Waals surface area contributed by atoms with Crippen molar-refractivity contribution in [3.8, 4) is 5.75 Å². The highest BCUT2D eigenvalue weighted by atomic mass is 35.5. The summed E-state index contributed by atoms with van der Waals surface area (Å²) in [5.74, 6) is 0.598. The topological polar surface area (TPSA) is 140 Å². The summed E-state index contributed by atoms with van der Waals surface area (Å²) in [6, 6.07) is 12.7. The second-order valence-electron chi connectivity index (χ2n) is 10.8. The van der Waals surface area contributed by atoms with Crippen LogP contribution in [0.5, 0.6) is 5.75 Å². The van der Waals surface area contributed by atoms with Gasteiger partial charge in [0.05, 0.1) is 30.3 Å². The van der Waals surface area contributed by atoms with Gasteiger partial charge in [-0.25, -0.2) is 14.5 Å². The number of nitrogens with two attached hydrogens (primary N) is 1. The molecule has 0 amide bonds. The van der Waals surface area contributed by atoms with Crippen LogP contribution >= 0.6 is 19.3 Å². The van der Waals surface area contributed by atoms with E-state index in [-0.39, 0.29) is 31.5 Å². The maximum atomic E-state index is 14.3. The lowest BCUT2D eigenvalue weighted by Gasteiger charge is -2.29. The van der Waals surface area contributed by atoms with E-state index in [0.29, 0.717) is 28.8 Å². The number of anilines is 1. The first kappa shape index (κ1) is 33.7. The van der Waals surface area contributed by atoms with E-state index in [4.69, 9.17) is 40.8 Å². The number of rotatable bonds is 16. The molecule has 0 bridgehead atoms. The Morgan fingerprint density at radius 3 is 2.50 bits per heavy atom. The van der Waals surface area contributed by atoms with Crippen molar-refractivity contribution in [3.05, 3.63) is 59.4 Å². The number of nitrogen functional groups attached to an aromatic ring is 1. The number of carbonyl (C=O) groups is 1. The first-order valence-corrected chi connectivity index (χ1v) is 16.8. The molecule has 11 nitrogen and oxygen atoms in total. The Labute approximate surface area is 263 Å². The average Bonchev–Trinajstić information content (AvgIpc) is 3.37. The summed E-state index contributed by atoms with van der Waals surface area (Å²) in [6.45, 7) is 10.4.